The number of fused-ring (bicyclic) bond motifs is 1. The van der Waals surface area contributed by atoms with Gasteiger partial charge in [-0.25, -0.2) is 9.78 Å². The number of carboxylic acid groups (broad SMARTS) is 1. The van der Waals surface area contributed by atoms with Crippen molar-refractivity contribution < 1.29 is 9.90 Å². The van der Waals surface area contributed by atoms with Gasteiger partial charge >= 0.3 is 5.97 Å². The molecule has 2 aromatic rings. The Morgan fingerprint density at radius 3 is 2.89 bits per heavy atom. The fourth-order valence-electron chi connectivity index (χ4n) is 2.62. The predicted molar refractivity (Wildman–Crippen MR) is 76.8 cm³/mol. The molecule has 1 aromatic heterocycles. The normalized spacial score (nSPS) is 17.3. The third kappa shape index (κ3) is 2.12. The number of aromatic nitrogens is 2. The quantitative estimate of drug-likeness (QED) is 0.932. The monoisotopic (exact) mass is 276 g/mol. The second-order valence-corrected chi connectivity index (χ2v) is 6.40. The molecule has 0 radical (unpaired) electrons. The zero-order valence-electron chi connectivity index (χ0n) is 10.8. The molecule has 1 fully saturated rings. The highest BCUT2D eigenvalue weighted by molar-refractivity contribution is 8.00. The van der Waals surface area contributed by atoms with E-state index < -0.39 is 5.97 Å². The van der Waals surface area contributed by atoms with E-state index in [1.807, 2.05) is 18.1 Å². The summed E-state index contributed by atoms with van der Waals surface area (Å²) in [5, 5.41) is 9.07. The average molecular weight is 276 g/mol. The summed E-state index contributed by atoms with van der Waals surface area (Å²) in [5.74, 6) is -0.891. The molecule has 0 bridgehead atoms. The molecular formula is C14H16N2O2S. The second kappa shape index (κ2) is 4.56. The first-order chi connectivity index (χ1) is 9.13. The van der Waals surface area contributed by atoms with Crippen molar-refractivity contribution in [2.45, 2.75) is 30.6 Å². The number of carboxylic acids is 1. The van der Waals surface area contributed by atoms with Crippen LogP contribution in [0.1, 0.15) is 29.6 Å². The van der Waals surface area contributed by atoms with Crippen LogP contribution in [0.25, 0.3) is 11.0 Å². The molecule has 0 atom stereocenters. The lowest BCUT2D eigenvalue weighted by atomic mass is 9.84. The number of thioether (sulfide) groups is 1. The van der Waals surface area contributed by atoms with E-state index >= 15 is 0 Å². The summed E-state index contributed by atoms with van der Waals surface area (Å²) in [6.45, 7) is 0.910. The van der Waals surface area contributed by atoms with Crippen LogP contribution in [0.4, 0.5) is 0 Å². The van der Waals surface area contributed by atoms with Gasteiger partial charge in [-0.05, 0) is 37.3 Å². The first-order valence-electron chi connectivity index (χ1n) is 6.37. The predicted octanol–water partition coefficient (Wildman–Crippen LogP) is 3.02. The molecule has 100 valence electrons. The minimum atomic E-state index is -0.891. The summed E-state index contributed by atoms with van der Waals surface area (Å²) in [6, 6.07) is 5.11. The van der Waals surface area contributed by atoms with Gasteiger partial charge in [0.15, 0.2) is 0 Å². The van der Waals surface area contributed by atoms with Crippen LogP contribution in [0, 0.1) is 0 Å². The molecule has 1 N–H and O–H groups in total. The standard InChI is InChI=1S/C14H16N2O2S/c1-19-14(5-2-6-14)8-16-9-15-11-4-3-10(13(17)18)7-12(11)16/h3-4,7,9H,2,5-6,8H2,1H3,(H,17,18). The van der Waals surface area contributed by atoms with Crippen molar-refractivity contribution in [1.29, 1.82) is 0 Å². The van der Waals surface area contributed by atoms with Gasteiger partial charge in [0, 0.05) is 11.3 Å². The molecule has 19 heavy (non-hydrogen) atoms. The maximum Gasteiger partial charge on any atom is 0.335 e. The smallest absolute Gasteiger partial charge is 0.335 e. The molecule has 0 spiro atoms. The van der Waals surface area contributed by atoms with Gasteiger partial charge < -0.3 is 9.67 Å². The largest absolute Gasteiger partial charge is 0.478 e. The number of rotatable bonds is 4. The fourth-order valence-corrected chi connectivity index (χ4v) is 3.59. The first kappa shape index (κ1) is 12.5. The van der Waals surface area contributed by atoms with Gasteiger partial charge in [-0.3, -0.25) is 0 Å². The number of benzene rings is 1. The van der Waals surface area contributed by atoms with Gasteiger partial charge in [-0.2, -0.15) is 11.8 Å². The molecule has 0 aliphatic heterocycles. The fraction of sp³-hybridized carbons (Fsp3) is 0.429. The number of nitrogens with zero attached hydrogens (tertiary/aromatic N) is 2. The lowest BCUT2D eigenvalue weighted by molar-refractivity contribution is 0.0697. The summed E-state index contributed by atoms with van der Waals surface area (Å²) >= 11 is 1.91. The molecule has 1 aliphatic rings. The topological polar surface area (TPSA) is 55.1 Å². The molecular weight excluding hydrogens is 260 g/mol. The Balaban J connectivity index is 1.99. The lowest BCUT2D eigenvalue weighted by Crippen LogP contribution is -2.37. The van der Waals surface area contributed by atoms with Crippen molar-refractivity contribution >= 4 is 28.8 Å². The van der Waals surface area contributed by atoms with E-state index in [0.29, 0.717) is 10.3 Å². The van der Waals surface area contributed by atoms with E-state index in [4.69, 9.17) is 5.11 Å². The van der Waals surface area contributed by atoms with Crippen LogP contribution in [0.15, 0.2) is 24.5 Å². The molecule has 0 amide bonds. The summed E-state index contributed by atoms with van der Waals surface area (Å²) in [5.41, 5.74) is 2.10. The molecule has 1 heterocycles. The van der Waals surface area contributed by atoms with Gasteiger partial charge in [-0.1, -0.05) is 6.42 Å². The summed E-state index contributed by atoms with van der Waals surface area (Å²) in [4.78, 5) is 15.4. The first-order valence-corrected chi connectivity index (χ1v) is 7.59. The Labute approximate surface area is 115 Å². The van der Waals surface area contributed by atoms with E-state index in [-0.39, 0.29) is 0 Å². The van der Waals surface area contributed by atoms with Crippen LogP contribution >= 0.6 is 11.8 Å². The number of imidazole rings is 1. The number of hydrogen-bond donors (Lipinski definition) is 1. The summed E-state index contributed by atoms with van der Waals surface area (Å²) in [6.07, 6.45) is 7.72. The Kier molecular flexibility index (Phi) is 3.01. The third-order valence-corrected chi connectivity index (χ3v) is 5.43. The SMILES string of the molecule is CSC1(Cn2cnc3ccc(C(=O)O)cc32)CCC1. The van der Waals surface area contributed by atoms with Crippen molar-refractivity contribution in [3.63, 3.8) is 0 Å². The Hall–Kier alpha value is -1.49. The summed E-state index contributed by atoms with van der Waals surface area (Å²) < 4.78 is 2.41. The van der Waals surface area contributed by atoms with Crippen LogP contribution in [-0.2, 0) is 6.54 Å². The zero-order valence-corrected chi connectivity index (χ0v) is 11.6. The molecule has 0 unspecified atom stereocenters. The van der Waals surface area contributed by atoms with Gasteiger partial charge in [-0.15, -0.1) is 0 Å². The van der Waals surface area contributed by atoms with E-state index in [2.05, 4.69) is 15.8 Å². The summed E-state index contributed by atoms with van der Waals surface area (Å²) in [7, 11) is 0. The van der Waals surface area contributed by atoms with Gasteiger partial charge in [0.05, 0.1) is 22.9 Å². The highest BCUT2D eigenvalue weighted by Crippen LogP contribution is 2.44. The molecule has 0 saturated heterocycles. The minimum absolute atomic E-state index is 0.312. The molecule has 1 saturated carbocycles. The van der Waals surface area contributed by atoms with E-state index in [0.717, 1.165) is 17.6 Å². The van der Waals surface area contributed by atoms with E-state index in [9.17, 15) is 4.79 Å². The minimum Gasteiger partial charge on any atom is -0.478 e. The Morgan fingerprint density at radius 2 is 2.32 bits per heavy atom. The van der Waals surface area contributed by atoms with E-state index in [1.54, 1.807) is 18.2 Å². The Morgan fingerprint density at radius 1 is 1.53 bits per heavy atom. The van der Waals surface area contributed by atoms with Crippen LogP contribution in [0.3, 0.4) is 0 Å². The average Bonchev–Trinajstić information content (AvgIpc) is 2.76. The van der Waals surface area contributed by atoms with Gasteiger partial charge in [0.25, 0.3) is 0 Å². The van der Waals surface area contributed by atoms with Crippen molar-refractivity contribution in [1.82, 2.24) is 9.55 Å². The number of hydrogen-bond acceptors (Lipinski definition) is 3. The molecule has 1 aromatic carbocycles. The van der Waals surface area contributed by atoms with Crippen LogP contribution in [-0.4, -0.2) is 31.6 Å². The lowest BCUT2D eigenvalue weighted by Gasteiger charge is -2.40. The molecule has 5 heteroatoms. The highest BCUT2D eigenvalue weighted by atomic mass is 32.2. The zero-order chi connectivity index (χ0) is 13.5. The molecule has 4 nitrogen and oxygen atoms in total. The van der Waals surface area contributed by atoms with Crippen molar-refractivity contribution in [3.8, 4) is 0 Å². The Bertz CT molecular complexity index is 626. The maximum atomic E-state index is 11.1. The van der Waals surface area contributed by atoms with Crippen LogP contribution in [0.5, 0.6) is 0 Å². The molecule has 3 rings (SSSR count). The number of carbonyl (C=O) groups is 1. The van der Waals surface area contributed by atoms with Gasteiger partial charge in [0.1, 0.15) is 0 Å². The number of aromatic carboxylic acids is 1. The van der Waals surface area contributed by atoms with Crippen molar-refractivity contribution in [2.75, 3.05) is 6.26 Å². The van der Waals surface area contributed by atoms with E-state index in [1.165, 1.54) is 19.3 Å². The molecule has 1 aliphatic carbocycles. The highest BCUT2D eigenvalue weighted by Gasteiger charge is 2.36. The van der Waals surface area contributed by atoms with Crippen LogP contribution in [0.2, 0.25) is 0 Å². The van der Waals surface area contributed by atoms with Gasteiger partial charge in [0.2, 0.25) is 0 Å². The van der Waals surface area contributed by atoms with Crippen molar-refractivity contribution in [3.05, 3.63) is 30.1 Å². The maximum absolute atomic E-state index is 11.1. The third-order valence-electron chi connectivity index (χ3n) is 4.02. The van der Waals surface area contributed by atoms with Crippen LogP contribution < -0.4 is 0 Å². The van der Waals surface area contributed by atoms with Crippen molar-refractivity contribution in [2.24, 2.45) is 0 Å². The second-order valence-electron chi connectivity index (χ2n) is 5.12.